The molecule has 0 aliphatic carbocycles. The summed E-state index contributed by atoms with van der Waals surface area (Å²) in [5, 5.41) is 0. The molecule has 0 radical (unpaired) electrons. The summed E-state index contributed by atoms with van der Waals surface area (Å²) in [6.07, 6.45) is 0. The number of methoxy groups -OCH3 is 1. The molecule has 2 atom stereocenters. The molecule has 0 amide bonds. The molecule has 0 heterocycles. The normalized spacial score (nSPS) is 14.8. The highest BCUT2D eigenvalue weighted by atomic mass is 16.5. The van der Waals surface area contributed by atoms with Crippen LogP contribution in [0.25, 0.3) is 0 Å². The van der Waals surface area contributed by atoms with Crippen molar-refractivity contribution >= 4 is 0 Å². The van der Waals surface area contributed by atoms with Crippen LogP contribution < -0.4 is 16.2 Å². The number of benzene rings is 1. The van der Waals surface area contributed by atoms with Crippen molar-refractivity contribution in [1.82, 2.24) is 0 Å². The molecule has 3 nitrogen and oxygen atoms in total. The van der Waals surface area contributed by atoms with Crippen LogP contribution in [0.2, 0.25) is 0 Å². The highest BCUT2D eigenvalue weighted by molar-refractivity contribution is 5.43. The predicted octanol–water partition coefficient (Wildman–Crippen LogP) is 1.66. The quantitative estimate of drug-likeness (QED) is 0.794. The number of rotatable bonds is 3. The molecule has 3 heteroatoms. The molecule has 0 aromatic heterocycles. The van der Waals surface area contributed by atoms with Gasteiger partial charge >= 0.3 is 0 Å². The summed E-state index contributed by atoms with van der Waals surface area (Å²) >= 11 is 0. The minimum absolute atomic E-state index is 0.0824. The van der Waals surface area contributed by atoms with Gasteiger partial charge in [-0.2, -0.15) is 0 Å². The second-order valence-corrected chi connectivity index (χ2v) is 4.06. The van der Waals surface area contributed by atoms with Crippen LogP contribution in [0.5, 0.6) is 5.75 Å². The Morgan fingerprint density at radius 2 is 1.67 bits per heavy atom. The summed E-state index contributed by atoms with van der Waals surface area (Å²) in [4.78, 5) is 0. The first kappa shape index (κ1) is 12.0. The van der Waals surface area contributed by atoms with Crippen LogP contribution in [0, 0.1) is 13.8 Å². The maximum Gasteiger partial charge on any atom is 0.123 e. The van der Waals surface area contributed by atoms with Crippen molar-refractivity contribution in [2.75, 3.05) is 7.11 Å². The summed E-state index contributed by atoms with van der Waals surface area (Å²) < 4.78 is 5.32. The fourth-order valence-corrected chi connectivity index (χ4v) is 1.53. The van der Waals surface area contributed by atoms with E-state index in [-0.39, 0.29) is 12.1 Å². The van der Waals surface area contributed by atoms with Crippen LogP contribution in [0.15, 0.2) is 12.1 Å². The molecule has 0 spiro atoms. The Labute approximate surface area is 91.4 Å². The second-order valence-electron chi connectivity index (χ2n) is 4.06. The average molecular weight is 208 g/mol. The van der Waals surface area contributed by atoms with Crippen LogP contribution >= 0.6 is 0 Å². The maximum atomic E-state index is 6.03. The molecule has 0 aliphatic heterocycles. The van der Waals surface area contributed by atoms with Gasteiger partial charge in [0.05, 0.1) is 7.11 Å². The second kappa shape index (κ2) is 4.64. The molecule has 1 aromatic rings. The molecule has 0 aliphatic rings. The number of hydrogen-bond donors (Lipinski definition) is 2. The third-order valence-electron chi connectivity index (χ3n) is 2.77. The molecule has 0 fully saturated rings. The molecule has 1 aromatic carbocycles. The fourth-order valence-electron chi connectivity index (χ4n) is 1.53. The minimum atomic E-state index is -0.181. The largest absolute Gasteiger partial charge is 0.496 e. The number of aryl methyl sites for hydroxylation is 2. The Bertz CT molecular complexity index is 348. The van der Waals surface area contributed by atoms with Gasteiger partial charge in [0.2, 0.25) is 0 Å². The predicted molar refractivity (Wildman–Crippen MR) is 63.0 cm³/mol. The van der Waals surface area contributed by atoms with Crippen molar-refractivity contribution in [1.29, 1.82) is 0 Å². The Morgan fingerprint density at radius 1 is 1.13 bits per heavy atom. The summed E-state index contributed by atoms with van der Waals surface area (Å²) in [5.74, 6) is 0.822. The van der Waals surface area contributed by atoms with Gasteiger partial charge in [-0.05, 0) is 38.0 Å². The van der Waals surface area contributed by atoms with Gasteiger partial charge in [0.1, 0.15) is 5.75 Å². The van der Waals surface area contributed by atoms with E-state index < -0.39 is 0 Å². The zero-order chi connectivity index (χ0) is 11.6. The van der Waals surface area contributed by atoms with E-state index >= 15 is 0 Å². The van der Waals surface area contributed by atoms with Crippen LogP contribution in [0.3, 0.4) is 0 Å². The van der Waals surface area contributed by atoms with E-state index in [4.69, 9.17) is 16.2 Å². The highest BCUT2D eigenvalue weighted by Gasteiger charge is 2.16. The van der Waals surface area contributed by atoms with Gasteiger partial charge in [0, 0.05) is 17.6 Å². The maximum absolute atomic E-state index is 6.03. The van der Waals surface area contributed by atoms with E-state index in [0.717, 1.165) is 11.3 Å². The standard InChI is InChI=1S/C12H20N2O/c1-7-5-10(12(14)9(3)13)11(15-4)6-8(7)2/h5-6,9,12H,13-14H2,1-4H3. The zero-order valence-electron chi connectivity index (χ0n) is 9.87. The number of ether oxygens (including phenoxy) is 1. The summed E-state index contributed by atoms with van der Waals surface area (Å²) in [5.41, 5.74) is 15.2. The van der Waals surface area contributed by atoms with Crippen molar-refractivity contribution in [3.05, 3.63) is 28.8 Å². The molecule has 1 rings (SSSR count). The van der Waals surface area contributed by atoms with E-state index in [9.17, 15) is 0 Å². The molecule has 0 saturated carbocycles. The fraction of sp³-hybridized carbons (Fsp3) is 0.500. The van der Waals surface area contributed by atoms with Crippen molar-refractivity contribution in [3.8, 4) is 5.75 Å². The smallest absolute Gasteiger partial charge is 0.123 e. The third-order valence-corrected chi connectivity index (χ3v) is 2.77. The van der Waals surface area contributed by atoms with Gasteiger partial charge in [-0.25, -0.2) is 0 Å². The van der Waals surface area contributed by atoms with Gasteiger partial charge in [0.25, 0.3) is 0 Å². The van der Waals surface area contributed by atoms with Crippen LogP contribution in [0.4, 0.5) is 0 Å². The first-order chi connectivity index (χ1) is 6.97. The number of nitrogens with two attached hydrogens (primary N) is 2. The Balaban J connectivity index is 3.21. The molecule has 84 valence electrons. The van der Waals surface area contributed by atoms with E-state index in [0.29, 0.717) is 0 Å². The van der Waals surface area contributed by atoms with E-state index in [2.05, 4.69) is 19.9 Å². The zero-order valence-corrected chi connectivity index (χ0v) is 9.87. The topological polar surface area (TPSA) is 61.3 Å². The van der Waals surface area contributed by atoms with Crippen molar-refractivity contribution in [2.24, 2.45) is 11.5 Å². The first-order valence-electron chi connectivity index (χ1n) is 5.13. The van der Waals surface area contributed by atoms with E-state index in [1.165, 1.54) is 11.1 Å². The Morgan fingerprint density at radius 3 is 2.13 bits per heavy atom. The lowest BCUT2D eigenvalue weighted by atomic mass is 9.96. The highest BCUT2D eigenvalue weighted by Crippen LogP contribution is 2.28. The molecular formula is C12H20N2O. The van der Waals surface area contributed by atoms with Gasteiger partial charge in [-0.1, -0.05) is 6.07 Å². The SMILES string of the molecule is COc1cc(C)c(C)cc1C(N)C(C)N. The van der Waals surface area contributed by atoms with Gasteiger partial charge in [-0.15, -0.1) is 0 Å². The van der Waals surface area contributed by atoms with Crippen molar-refractivity contribution in [3.63, 3.8) is 0 Å². The monoisotopic (exact) mass is 208 g/mol. The van der Waals surface area contributed by atoms with Crippen LogP contribution in [-0.4, -0.2) is 13.2 Å². The van der Waals surface area contributed by atoms with Crippen molar-refractivity contribution in [2.45, 2.75) is 32.9 Å². The Kier molecular flexibility index (Phi) is 3.72. The molecular weight excluding hydrogens is 188 g/mol. The lowest BCUT2D eigenvalue weighted by Crippen LogP contribution is -2.31. The summed E-state index contributed by atoms with van der Waals surface area (Å²) in [6.45, 7) is 6.02. The van der Waals surface area contributed by atoms with Crippen LogP contribution in [-0.2, 0) is 0 Å². The Hall–Kier alpha value is -1.06. The van der Waals surface area contributed by atoms with Gasteiger partial charge in [0.15, 0.2) is 0 Å². The first-order valence-corrected chi connectivity index (χ1v) is 5.13. The molecule has 4 N–H and O–H groups in total. The van der Waals surface area contributed by atoms with E-state index in [1.54, 1.807) is 7.11 Å². The van der Waals surface area contributed by atoms with Crippen LogP contribution in [0.1, 0.15) is 29.7 Å². The lowest BCUT2D eigenvalue weighted by Gasteiger charge is -2.20. The third kappa shape index (κ3) is 2.49. The molecule has 0 bridgehead atoms. The summed E-state index contributed by atoms with van der Waals surface area (Å²) in [6, 6.07) is 3.80. The molecule has 15 heavy (non-hydrogen) atoms. The van der Waals surface area contributed by atoms with Gasteiger partial charge < -0.3 is 16.2 Å². The molecule has 2 unspecified atom stereocenters. The van der Waals surface area contributed by atoms with Crippen molar-refractivity contribution < 1.29 is 4.74 Å². The van der Waals surface area contributed by atoms with E-state index in [1.807, 2.05) is 13.0 Å². The lowest BCUT2D eigenvalue weighted by molar-refractivity contribution is 0.401. The van der Waals surface area contributed by atoms with Gasteiger partial charge in [-0.3, -0.25) is 0 Å². The average Bonchev–Trinajstić information content (AvgIpc) is 2.20. The minimum Gasteiger partial charge on any atom is -0.496 e. The molecule has 0 saturated heterocycles. The summed E-state index contributed by atoms with van der Waals surface area (Å²) in [7, 11) is 1.65. The number of hydrogen-bond acceptors (Lipinski definition) is 3.